The fourth-order valence-electron chi connectivity index (χ4n) is 5.49. The number of hydrogen-bond donors (Lipinski definition) is 0. The molecular weight excluding hydrogens is 416 g/mol. The summed E-state index contributed by atoms with van der Waals surface area (Å²) in [6.45, 7) is 3.85. The van der Waals surface area contributed by atoms with Crippen LogP contribution in [0.15, 0.2) is 85.1 Å². The Labute approximate surface area is 203 Å². The van der Waals surface area contributed by atoms with Gasteiger partial charge in [-0.1, -0.05) is 78.4 Å². The second kappa shape index (κ2) is 9.89. The van der Waals surface area contributed by atoms with Gasteiger partial charge in [0.1, 0.15) is 0 Å². The Morgan fingerprint density at radius 3 is 2.32 bits per heavy atom. The van der Waals surface area contributed by atoms with E-state index < -0.39 is 0 Å². The molecule has 1 saturated heterocycles. The van der Waals surface area contributed by atoms with Gasteiger partial charge in [0.2, 0.25) is 5.91 Å². The Bertz CT molecular complexity index is 1250. The fourth-order valence-corrected chi connectivity index (χ4v) is 5.49. The predicted octanol–water partition coefficient (Wildman–Crippen LogP) is 6.49. The Morgan fingerprint density at radius 2 is 1.59 bits per heavy atom. The summed E-state index contributed by atoms with van der Waals surface area (Å²) in [5, 5.41) is 1.24. The van der Waals surface area contributed by atoms with Crippen molar-refractivity contribution in [2.75, 3.05) is 13.1 Å². The number of carbonyl (C=O) groups excluding carboxylic acids is 1. The van der Waals surface area contributed by atoms with E-state index >= 15 is 0 Å². The van der Waals surface area contributed by atoms with Gasteiger partial charge in [-0.3, -0.25) is 4.79 Å². The molecule has 5 rings (SSSR count). The smallest absolute Gasteiger partial charge is 0.223 e. The average Bonchev–Trinajstić information content (AvgIpc) is 3.20. The summed E-state index contributed by atoms with van der Waals surface area (Å²) in [5.41, 5.74) is 6.32. The minimum Gasteiger partial charge on any atom is -0.350 e. The third kappa shape index (κ3) is 4.79. The zero-order chi connectivity index (χ0) is 23.5. The number of aryl methyl sites for hydroxylation is 2. The number of rotatable bonds is 6. The standard InChI is InChI=1S/C31H34N2O/c1-23-12-14-26(15-13-23)28(29-22-32(2)30-11-7-6-10-27(29)30)21-31(34)33-18-16-25(17-19-33)20-24-8-4-3-5-9-24/h3-15,22,25,28H,16-21H2,1-2H3/t28-/m0/s1. The predicted molar refractivity (Wildman–Crippen MR) is 140 cm³/mol. The van der Waals surface area contributed by atoms with E-state index in [1.807, 2.05) is 0 Å². The number of fused-ring (bicyclic) bond motifs is 1. The first-order valence-electron chi connectivity index (χ1n) is 12.5. The monoisotopic (exact) mass is 450 g/mol. The number of benzene rings is 3. The van der Waals surface area contributed by atoms with Crippen molar-refractivity contribution >= 4 is 16.8 Å². The van der Waals surface area contributed by atoms with Crippen LogP contribution in [0.2, 0.25) is 0 Å². The fraction of sp³-hybridized carbons (Fsp3) is 0.323. The molecular formula is C31H34N2O. The first kappa shape index (κ1) is 22.5. The highest BCUT2D eigenvalue weighted by atomic mass is 16.2. The Balaban J connectivity index is 1.34. The van der Waals surface area contributed by atoms with Gasteiger partial charge in [0, 0.05) is 49.6 Å². The molecule has 1 atom stereocenters. The molecule has 4 aromatic rings. The van der Waals surface area contributed by atoms with Crippen molar-refractivity contribution in [2.24, 2.45) is 13.0 Å². The number of carbonyl (C=O) groups is 1. The minimum atomic E-state index is 0.0567. The maximum absolute atomic E-state index is 13.5. The van der Waals surface area contributed by atoms with Crippen LogP contribution < -0.4 is 0 Å². The van der Waals surface area contributed by atoms with E-state index in [0.29, 0.717) is 12.3 Å². The lowest BCUT2D eigenvalue weighted by molar-refractivity contribution is -0.132. The van der Waals surface area contributed by atoms with E-state index in [1.165, 1.54) is 33.2 Å². The van der Waals surface area contributed by atoms with Crippen LogP contribution in [-0.2, 0) is 18.3 Å². The first-order chi connectivity index (χ1) is 16.6. The van der Waals surface area contributed by atoms with Crippen molar-refractivity contribution < 1.29 is 4.79 Å². The zero-order valence-electron chi connectivity index (χ0n) is 20.3. The Kier molecular flexibility index (Phi) is 6.53. The van der Waals surface area contributed by atoms with E-state index in [4.69, 9.17) is 0 Å². The Morgan fingerprint density at radius 1 is 0.912 bits per heavy atom. The number of para-hydroxylation sites is 1. The quantitative estimate of drug-likeness (QED) is 0.330. The van der Waals surface area contributed by atoms with Crippen molar-refractivity contribution in [3.05, 3.63) is 107 Å². The van der Waals surface area contributed by atoms with Crippen LogP contribution >= 0.6 is 0 Å². The van der Waals surface area contributed by atoms with Gasteiger partial charge >= 0.3 is 0 Å². The number of amides is 1. The maximum Gasteiger partial charge on any atom is 0.223 e. The number of nitrogens with zero attached hydrogens (tertiary/aromatic N) is 2. The number of aromatic nitrogens is 1. The second-order valence-corrected chi connectivity index (χ2v) is 9.89. The molecule has 174 valence electrons. The molecule has 1 amide bonds. The molecule has 2 heterocycles. The average molecular weight is 451 g/mol. The summed E-state index contributed by atoms with van der Waals surface area (Å²) >= 11 is 0. The van der Waals surface area contributed by atoms with Gasteiger partial charge in [-0.15, -0.1) is 0 Å². The summed E-state index contributed by atoms with van der Waals surface area (Å²) in [6, 6.07) is 28.0. The highest BCUT2D eigenvalue weighted by Crippen LogP contribution is 2.35. The second-order valence-electron chi connectivity index (χ2n) is 9.89. The van der Waals surface area contributed by atoms with Gasteiger partial charge in [0.25, 0.3) is 0 Å². The molecule has 3 heteroatoms. The number of hydrogen-bond acceptors (Lipinski definition) is 1. The molecule has 0 saturated carbocycles. The summed E-state index contributed by atoms with van der Waals surface area (Å²) < 4.78 is 2.19. The third-order valence-electron chi connectivity index (χ3n) is 7.50. The van der Waals surface area contributed by atoms with Crippen LogP contribution in [0, 0.1) is 12.8 Å². The lowest BCUT2D eigenvalue weighted by atomic mass is 9.86. The van der Waals surface area contributed by atoms with Gasteiger partial charge in [-0.25, -0.2) is 0 Å². The largest absolute Gasteiger partial charge is 0.350 e. The van der Waals surface area contributed by atoms with Crippen molar-refractivity contribution in [2.45, 2.75) is 38.5 Å². The summed E-state index contributed by atoms with van der Waals surface area (Å²) in [4.78, 5) is 15.7. The molecule has 1 aromatic heterocycles. The molecule has 0 aliphatic carbocycles. The van der Waals surface area contributed by atoms with Crippen LogP contribution in [0.25, 0.3) is 10.9 Å². The van der Waals surface area contributed by atoms with Crippen LogP contribution in [0.3, 0.4) is 0 Å². The molecule has 0 N–H and O–H groups in total. The molecule has 0 bridgehead atoms. The van der Waals surface area contributed by atoms with Crippen molar-refractivity contribution in [3.8, 4) is 0 Å². The molecule has 0 spiro atoms. The molecule has 3 aromatic carbocycles. The summed E-state index contributed by atoms with van der Waals surface area (Å²) in [5.74, 6) is 0.996. The van der Waals surface area contributed by atoms with Crippen LogP contribution in [-0.4, -0.2) is 28.5 Å². The SMILES string of the molecule is Cc1ccc([C@H](CC(=O)N2CCC(Cc3ccccc3)CC2)c2cn(C)c3ccccc23)cc1. The molecule has 1 aliphatic rings. The first-order valence-corrected chi connectivity index (χ1v) is 12.5. The lowest BCUT2D eigenvalue weighted by Crippen LogP contribution is -2.39. The maximum atomic E-state index is 13.5. The van der Waals surface area contributed by atoms with Gasteiger partial charge in [0.15, 0.2) is 0 Å². The topological polar surface area (TPSA) is 25.2 Å². The van der Waals surface area contributed by atoms with E-state index in [1.54, 1.807) is 0 Å². The van der Waals surface area contributed by atoms with E-state index in [-0.39, 0.29) is 11.8 Å². The molecule has 34 heavy (non-hydrogen) atoms. The number of likely N-dealkylation sites (tertiary alicyclic amines) is 1. The minimum absolute atomic E-state index is 0.0567. The van der Waals surface area contributed by atoms with E-state index in [9.17, 15) is 4.79 Å². The third-order valence-corrected chi connectivity index (χ3v) is 7.50. The highest BCUT2D eigenvalue weighted by Gasteiger charge is 2.27. The van der Waals surface area contributed by atoms with Gasteiger partial charge in [0.05, 0.1) is 0 Å². The highest BCUT2D eigenvalue weighted by molar-refractivity contribution is 5.86. The summed E-state index contributed by atoms with van der Waals surface area (Å²) in [6.07, 6.45) is 6.02. The molecule has 1 aliphatic heterocycles. The van der Waals surface area contributed by atoms with Crippen LogP contribution in [0.5, 0.6) is 0 Å². The molecule has 1 fully saturated rings. The van der Waals surface area contributed by atoms with E-state index in [0.717, 1.165) is 32.4 Å². The molecule has 3 nitrogen and oxygen atoms in total. The lowest BCUT2D eigenvalue weighted by Gasteiger charge is -2.33. The normalized spacial score (nSPS) is 15.5. The van der Waals surface area contributed by atoms with Crippen molar-refractivity contribution in [1.82, 2.24) is 9.47 Å². The Hall–Kier alpha value is -3.33. The number of piperidine rings is 1. The molecule has 0 unspecified atom stereocenters. The van der Waals surface area contributed by atoms with E-state index in [2.05, 4.69) is 108 Å². The summed E-state index contributed by atoms with van der Waals surface area (Å²) in [7, 11) is 2.09. The van der Waals surface area contributed by atoms with Gasteiger partial charge in [-0.05, 0) is 54.9 Å². The zero-order valence-corrected chi connectivity index (χ0v) is 20.3. The van der Waals surface area contributed by atoms with Crippen molar-refractivity contribution in [1.29, 1.82) is 0 Å². The van der Waals surface area contributed by atoms with Crippen molar-refractivity contribution in [3.63, 3.8) is 0 Å². The van der Waals surface area contributed by atoms with Gasteiger partial charge in [-0.2, -0.15) is 0 Å². The van der Waals surface area contributed by atoms with Crippen LogP contribution in [0.4, 0.5) is 0 Å². The molecule has 0 radical (unpaired) electrons. The van der Waals surface area contributed by atoms with Crippen LogP contribution in [0.1, 0.15) is 47.4 Å². The van der Waals surface area contributed by atoms with Gasteiger partial charge < -0.3 is 9.47 Å².